The van der Waals surface area contributed by atoms with Crippen molar-refractivity contribution in [2.45, 2.75) is 13.3 Å². The van der Waals surface area contributed by atoms with Gasteiger partial charge in [0.2, 0.25) is 0 Å². The van der Waals surface area contributed by atoms with E-state index in [1.807, 2.05) is 13.0 Å². The molecule has 1 heterocycles. The molecule has 0 spiro atoms. The normalized spacial score (nSPS) is 9.73. The van der Waals surface area contributed by atoms with Crippen LogP contribution in [0.2, 0.25) is 0 Å². The Hall–Kier alpha value is -0.865. The number of nitrogens with zero attached hydrogens (tertiary/aromatic N) is 1. The molecule has 0 aliphatic rings. The van der Waals surface area contributed by atoms with E-state index < -0.39 is 7.12 Å². The van der Waals surface area contributed by atoms with Gasteiger partial charge in [0, 0.05) is 6.20 Å². The minimum Gasteiger partial charge on any atom is -0.422 e. The molecule has 0 aliphatic carbocycles. The minimum atomic E-state index is -1.45. The first-order valence-corrected chi connectivity index (χ1v) is 3.55. The van der Waals surface area contributed by atoms with Crippen LogP contribution in [-0.2, 0) is 6.42 Å². The van der Waals surface area contributed by atoms with E-state index in [9.17, 15) is 0 Å². The Labute approximate surface area is 65.9 Å². The lowest BCUT2D eigenvalue weighted by molar-refractivity contribution is 0.424. The number of aryl methyl sites for hydroxylation is 1. The van der Waals surface area contributed by atoms with E-state index in [1.165, 1.54) is 0 Å². The summed E-state index contributed by atoms with van der Waals surface area (Å²) in [5, 5.41) is 17.7. The molecule has 0 aliphatic heterocycles. The van der Waals surface area contributed by atoms with E-state index in [2.05, 4.69) is 4.98 Å². The average molecular weight is 151 g/mol. The molecular weight excluding hydrogens is 141 g/mol. The van der Waals surface area contributed by atoms with Gasteiger partial charge >= 0.3 is 7.12 Å². The van der Waals surface area contributed by atoms with Crippen molar-refractivity contribution in [2.24, 2.45) is 0 Å². The van der Waals surface area contributed by atoms with Crippen LogP contribution in [0.25, 0.3) is 0 Å². The van der Waals surface area contributed by atoms with Crippen LogP contribution >= 0.6 is 0 Å². The fourth-order valence-corrected chi connectivity index (χ4v) is 0.982. The predicted molar refractivity (Wildman–Crippen MR) is 43.4 cm³/mol. The lowest BCUT2D eigenvalue weighted by atomic mass is 9.81. The molecule has 58 valence electrons. The first kappa shape index (κ1) is 8.23. The molecule has 0 aromatic carbocycles. The second-order valence-electron chi connectivity index (χ2n) is 2.27. The maximum absolute atomic E-state index is 8.83. The van der Waals surface area contributed by atoms with Gasteiger partial charge in [-0.15, -0.1) is 0 Å². The fraction of sp³-hybridized carbons (Fsp3) is 0.286. The van der Waals surface area contributed by atoms with E-state index in [1.54, 1.807) is 12.3 Å². The van der Waals surface area contributed by atoms with Gasteiger partial charge in [0.25, 0.3) is 0 Å². The zero-order valence-electron chi connectivity index (χ0n) is 6.36. The monoisotopic (exact) mass is 151 g/mol. The van der Waals surface area contributed by atoms with Gasteiger partial charge in [-0.25, -0.2) is 0 Å². The van der Waals surface area contributed by atoms with Crippen LogP contribution < -0.4 is 5.59 Å². The third-order valence-corrected chi connectivity index (χ3v) is 1.55. The summed E-state index contributed by atoms with van der Waals surface area (Å²) in [6.45, 7) is 1.95. The highest BCUT2D eigenvalue weighted by Crippen LogP contribution is 1.94. The lowest BCUT2D eigenvalue weighted by Crippen LogP contribution is -2.35. The van der Waals surface area contributed by atoms with Gasteiger partial charge in [-0.1, -0.05) is 13.0 Å². The number of pyridine rings is 1. The Bertz CT molecular complexity index is 240. The molecule has 1 aromatic heterocycles. The zero-order valence-corrected chi connectivity index (χ0v) is 6.36. The number of hydrogen-bond donors (Lipinski definition) is 2. The maximum Gasteiger partial charge on any atom is 0.508 e. The van der Waals surface area contributed by atoms with Gasteiger partial charge in [0.15, 0.2) is 0 Å². The van der Waals surface area contributed by atoms with Crippen molar-refractivity contribution in [3.05, 3.63) is 23.9 Å². The predicted octanol–water partition coefficient (Wildman–Crippen LogP) is -0.676. The van der Waals surface area contributed by atoms with Gasteiger partial charge < -0.3 is 10.0 Å². The molecule has 0 radical (unpaired) electrons. The van der Waals surface area contributed by atoms with E-state index >= 15 is 0 Å². The molecular formula is C7H10BNO2. The summed E-state index contributed by atoms with van der Waals surface area (Å²) >= 11 is 0. The Morgan fingerprint density at radius 1 is 1.55 bits per heavy atom. The standard InChI is InChI=1S/C7H10BNO2/c1-2-6-4-3-5-9-7(6)8(10)11/h3-5,10-11H,2H2,1H3. The molecule has 0 bridgehead atoms. The minimum absolute atomic E-state index is 0.356. The van der Waals surface area contributed by atoms with Crippen molar-refractivity contribution >= 4 is 12.7 Å². The van der Waals surface area contributed by atoms with Gasteiger partial charge in [0.05, 0.1) is 5.59 Å². The van der Waals surface area contributed by atoms with E-state index in [4.69, 9.17) is 10.0 Å². The molecule has 3 nitrogen and oxygen atoms in total. The Morgan fingerprint density at radius 2 is 2.27 bits per heavy atom. The third kappa shape index (κ3) is 1.79. The van der Waals surface area contributed by atoms with Crippen LogP contribution in [0.5, 0.6) is 0 Å². The first-order valence-electron chi connectivity index (χ1n) is 3.55. The summed E-state index contributed by atoms with van der Waals surface area (Å²) in [6.07, 6.45) is 2.31. The quantitative estimate of drug-likeness (QED) is 0.550. The smallest absolute Gasteiger partial charge is 0.422 e. The van der Waals surface area contributed by atoms with Crippen molar-refractivity contribution in [2.75, 3.05) is 0 Å². The summed E-state index contributed by atoms with van der Waals surface area (Å²) in [6, 6.07) is 3.62. The van der Waals surface area contributed by atoms with Crippen LogP contribution in [0.15, 0.2) is 18.3 Å². The highest BCUT2D eigenvalue weighted by Gasteiger charge is 2.15. The largest absolute Gasteiger partial charge is 0.508 e. The van der Waals surface area contributed by atoms with Gasteiger partial charge in [-0.3, -0.25) is 4.98 Å². The Kier molecular flexibility index (Phi) is 2.62. The van der Waals surface area contributed by atoms with Crippen LogP contribution in [0, 0.1) is 0 Å². The Morgan fingerprint density at radius 3 is 2.73 bits per heavy atom. The van der Waals surface area contributed by atoms with Crippen LogP contribution in [0.1, 0.15) is 12.5 Å². The first-order chi connectivity index (χ1) is 5.25. The van der Waals surface area contributed by atoms with Crippen molar-refractivity contribution in [1.29, 1.82) is 0 Å². The van der Waals surface area contributed by atoms with Crippen molar-refractivity contribution in [1.82, 2.24) is 4.98 Å². The van der Waals surface area contributed by atoms with Gasteiger partial charge in [-0.2, -0.15) is 0 Å². The zero-order chi connectivity index (χ0) is 8.27. The van der Waals surface area contributed by atoms with Crippen LogP contribution in [-0.4, -0.2) is 22.2 Å². The highest BCUT2D eigenvalue weighted by atomic mass is 16.4. The number of hydrogen-bond acceptors (Lipinski definition) is 3. The number of rotatable bonds is 2. The molecule has 4 heteroatoms. The van der Waals surface area contributed by atoms with Crippen LogP contribution in [0.4, 0.5) is 0 Å². The molecule has 11 heavy (non-hydrogen) atoms. The van der Waals surface area contributed by atoms with E-state index in [0.717, 1.165) is 12.0 Å². The second-order valence-corrected chi connectivity index (χ2v) is 2.27. The van der Waals surface area contributed by atoms with Crippen molar-refractivity contribution < 1.29 is 10.0 Å². The molecule has 1 rings (SSSR count). The van der Waals surface area contributed by atoms with Crippen molar-refractivity contribution in [3.8, 4) is 0 Å². The number of aromatic nitrogens is 1. The van der Waals surface area contributed by atoms with Crippen molar-refractivity contribution in [3.63, 3.8) is 0 Å². The molecule has 0 amide bonds. The van der Waals surface area contributed by atoms with E-state index in [-0.39, 0.29) is 0 Å². The summed E-state index contributed by atoms with van der Waals surface area (Å²) < 4.78 is 0. The molecule has 2 N–H and O–H groups in total. The molecule has 0 saturated carbocycles. The molecule has 0 atom stereocenters. The topological polar surface area (TPSA) is 53.4 Å². The molecule has 1 aromatic rings. The molecule has 0 unspecified atom stereocenters. The van der Waals surface area contributed by atoms with Crippen LogP contribution in [0.3, 0.4) is 0 Å². The summed E-state index contributed by atoms with van der Waals surface area (Å²) in [5.74, 6) is 0. The molecule has 0 fully saturated rings. The SMILES string of the molecule is CCc1cccnc1B(O)O. The summed E-state index contributed by atoms with van der Waals surface area (Å²) in [4.78, 5) is 3.85. The lowest BCUT2D eigenvalue weighted by Gasteiger charge is -2.03. The van der Waals surface area contributed by atoms with E-state index in [0.29, 0.717) is 5.59 Å². The third-order valence-electron chi connectivity index (χ3n) is 1.55. The summed E-state index contributed by atoms with van der Waals surface area (Å²) in [5.41, 5.74) is 1.23. The molecule has 0 saturated heterocycles. The summed E-state index contributed by atoms with van der Waals surface area (Å²) in [7, 11) is -1.45. The fourth-order valence-electron chi connectivity index (χ4n) is 0.982. The maximum atomic E-state index is 8.83. The average Bonchev–Trinajstić information content (AvgIpc) is 2.04. The van der Waals surface area contributed by atoms with Gasteiger partial charge in [-0.05, 0) is 18.1 Å². The Balaban J connectivity index is 3.02. The second kappa shape index (κ2) is 3.50. The van der Waals surface area contributed by atoms with Gasteiger partial charge in [0.1, 0.15) is 0 Å². The highest BCUT2D eigenvalue weighted by molar-refractivity contribution is 6.58.